The molecule has 0 radical (unpaired) electrons. The topological polar surface area (TPSA) is 92.8 Å². The molecule has 0 heterocycles. The van der Waals surface area contributed by atoms with Crippen LogP contribution in [0, 0.1) is 6.92 Å². The first-order chi connectivity index (χ1) is 14.0. The van der Waals surface area contributed by atoms with Crippen molar-refractivity contribution in [2.24, 2.45) is 0 Å². The van der Waals surface area contributed by atoms with Gasteiger partial charge in [0.15, 0.2) is 0 Å². The van der Waals surface area contributed by atoms with Crippen LogP contribution in [0.25, 0.3) is 0 Å². The number of methoxy groups -OCH3 is 1. The minimum atomic E-state index is -3.56. The normalized spacial score (nSPS) is 11.1. The van der Waals surface area contributed by atoms with Gasteiger partial charge in [-0.1, -0.05) is 29.3 Å². The van der Waals surface area contributed by atoms with Crippen molar-refractivity contribution in [1.82, 2.24) is 0 Å². The van der Waals surface area contributed by atoms with Crippen molar-refractivity contribution in [1.29, 1.82) is 0 Å². The summed E-state index contributed by atoms with van der Waals surface area (Å²) in [5.41, 5.74) is 1.64. The highest BCUT2D eigenvalue weighted by atomic mass is 35.5. The van der Waals surface area contributed by atoms with Crippen molar-refractivity contribution in [2.75, 3.05) is 29.5 Å². The number of esters is 1. The van der Waals surface area contributed by atoms with Crippen molar-refractivity contribution >= 4 is 56.5 Å². The second-order valence-corrected chi connectivity index (χ2v) is 9.28. The predicted octanol–water partition coefficient (Wildman–Crippen LogP) is 4.27. The smallest absolute Gasteiger partial charge is 0.339 e. The fourth-order valence-corrected chi connectivity index (χ4v) is 4.19. The molecule has 0 aliphatic carbocycles. The van der Waals surface area contributed by atoms with Gasteiger partial charge in [-0.25, -0.2) is 13.2 Å². The summed E-state index contributed by atoms with van der Waals surface area (Å²) in [6, 6.07) is 9.49. The lowest BCUT2D eigenvalue weighted by molar-refractivity contribution is -0.116. The zero-order valence-corrected chi connectivity index (χ0v) is 19.1. The Morgan fingerprint density at radius 3 is 2.47 bits per heavy atom. The van der Waals surface area contributed by atoms with Crippen LogP contribution in [0.3, 0.4) is 0 Å². The van der Waals surface area contributed by atoms with Crippen LogP contribution in [0.5, 0.6) is 0 Å². The molecule has 7 nitrogen and oxygen atoms in total. The fraction of sp³-hybridized carbons (Fsp3) is 0.300. The summed E-state index contributed by atoms with van der Waals surface area (Å²) in [7, 11) is -2.32. The number of carbonyl (C=O) groups is 2. The molecule has 0 aliphatic rings. The van der Waals surface area contributed by atoms with E-state index in [1.165, 1.54) is 23.5 Å². The number of anilines is 2. The van der Waals surface area contributed by atoms with Crippen LogP contribution < -0.4 is 9.62 Å². The van der Waals surface area contributed by atoms with E-state index in [9.17, 15) is 18.0 Å². The maximum absolute atomic E-state index is 12.3. The predicted molar refractivity (Wildman–Crippen MR) is 119 cm³/mol. The summed E-state index contributed by atoms with van der Waals surface area (Å²) >= 11 is 12.1. The number of benzene rings is 2. The van der Waals surface area contributed by atoms with Gasteiger partial charge in [0.05, 0.1) is 29.6 Å². The molecule has 0 spiro atoms. The van der Waals surface area contributed by atoms with E-state index >= 15 is 0 Å². The second kappa shape index (κ2) is 10.1. The monoisotopic (exact) mass is 472 g/mol. The highest BCUT2D eigenvalue weighted by Crippen LogP contribution is 2.28. The Kier molecular flexibility index (Phi) is 8.11. The van der Waals surface area contributed by atoms with Gasteiger partial charge in [0.1, 0.15) is 0 Å². The number of ether oxygens (including phenoxy) is 1. The molecule has 0 atom stereocenters. The molecule has 0 aliphatic heterocycles. The molecule has 10 heteroatoms. The van der Waals surface area contributed by atoms with Crippen molar-refractivity contribution in [3.05, 3.63) is 57.6 Å². The van der Waals surface area contributed by atoms with Crippen molar-refractivity contribution in [3.8, 4) is 0 Å². The average Bonchev–Trinajstić information content (AvgIpc) is 2.68. The Labute approximate surface area is 186 Å². The lowest BCUT2D eigenvalue weighted by atomic mass is 10.2. The lowest BCUT2D eigenvalue weighted by Gasteiger charge is -2.24. The average molecular weight is 473 g/mol. The number of carbonyl (C=O) groups excluding carboxylic acids is 2. The largest absolute Gasteiger partial charge is 0.465 e. The van der Waals surface area contributed by atoms with Crippen LogP contribution in [0.15, 0.2) is 36.4 Å². The number of nitrogens with zero attached hydrogens (tertiary/aromatic N) is 1. The van der Waals surface area contributed by atoms with Crippen molar-refractivity contribution < 1.29 is 22.7 Å². The SMILES string of the molecule is COC(=O)c1cc(NC(=O)CCCN(c2cccc(Cl)c2C)S(C)(=O)=O)ccc1Cl. The molecule has 2 aromatic carbocycles. The zero-order valence-electron chi connectivity index (χ0n) is 16.7. The molecular weight excluding hydrogens is 451 g/mol. The summed E-state index contributed by atoms with van der Waals surface area (Å²) in [6.07, 6.45) is 1.46. The molecule has 0 saturated heterocycles. The van der Waals surface area contributed by atoms with E-state index in [4.69, 9.17) is 23.2 Å². The third-order valence-corrected chi connectivity index (χ3v) is 6.25. The van der Waals surface area contributed by atoms with E-state index in [1.54, 1.807) is 31.2 Å². The second-order valence-electron chi connectivity index (χ2n) is 6.56. The molecule has 0 unspecified atom stereocenters. The van der Waals surface area contributed by atoms with Gasteiger partial charge in [-0.15, -0.1) is 0 Å². The Balaban J connectivity index is 2.05. The quantitative estimate of drug-likeness (QED) is 0.578. The Morgan fingerprint density at radius 2 is 1.83 bits per heavy atom. The van der Waals surface area contributed by atoms with Gasteiger partial charge >= 0.3 is 5.97 Å². The molecule has 162 valence electrons. The molecule has 2 rings (SSSR count). The summed E-state index contributed by atoms with van der Waals surface area (Å²) in [4.78, 5) is 24.0. The third kappa shape index (κ3) is 6.10. The first kappa shape index (κ1) is 24.0. The lowest BCUT2D eigenvalue weighted by Crippen LogP contribution is -2.32. The Morgan fingerprint density at radius 1 is 1.13 bits per heavy atom. The molecule has 0 bridgehead atoms. The molecular formula is C20H22Cl2N2O5S. The van der Waals surface area contributed by atoms with Crippen LogP contribution in [-0.4, -0.2) is 40.2 Å². The summed E-state index contributed by atoms with van der Waals surface area (Å²) in [5, 5.41) is 3.34. The van der Waals surface area contributed by atoms with E-state index in [0.717, 1.165) is 6.26 Å². The van der Waals surface area contributed by atoms with Gasteiger partial charge in [-0.05, 0) is 49.2 Å². The molecule has 1 amide bonds. The molecule has 2 aromatic rings. The first-order valence-corrected chi connectivity index (χ1v) is 11.6. The highest BCUT2D eigenvalue weighted by molar-refractivity contribution is 7.92. The number of rotatable bonds is 8. The molecule has 0 saturated carbocycles. The maximum Gasteiger partial charge on any atom is 0.339 e. The Hall–Kier alpha value is -2.29. The van der Waals surface area contributed by atoms with E-state index in [1.807, 2.05) is 0 Å². The van der Waals surface area contributed by atoms with Gasteiger partial charge in [0.25, 0.3) is 0 Å². The van der Waals surface area contributed by atoms with Crippen LogP contribution in [0.4, 0.5) is 11.4 Å². The molecule has 30 heavy (non-hydrogen) atoms. The number of sulfonamides is 1. The summed E-state index contributed by atoms with van der Waals surface area (Å²) in [5.74, 6) is -0.943. The molecule has 0 fully saturated rings. The Bertz CT molecular complexity index is 1060. The van der Waals surface area contributed by atoms with Gasteiger partial charge in [0.2, 0.25) is 15.9 Å². The van der Waals surface area contributed by atoms with E-state index < -0.39 is 16.0 Å². The molecule has 1 N–H and O–H groups in total. The molecule has 0 aromatic heterocycles. The minimum absolute atomic E-state index is 0.0712. The van der Waals surface area contributed by atoms with Gasteiger partial charge < -0.3 is 10.1 Å². The van der Waals surface area contributed by atoms with Crippen molar-refractivity contribution in [2.45, 2.75) is 19.8 Å². The number of hydrogen-bond acceptors (Lipinski definition) is 5. The summed E-state index contributed by atoms with van der Waals surface area (Å²) < 4.78 is 30.4. The highest BCUT2D eigenvalue weighted by Gasteiger charge is 2.20. The van der Waals surface area contributed by atoms with Gasteiger partial charge in [0, 0.05) is 23.7 Å². The van der Waals surface area contributed by atoms with Crippen LogP contribution in [0.2, 0.25) is 10.0 Å². The first-order valence-electron chi connectivity index (χ1n) is 8.95. The van der Waals surface area contributed by atoms with E-state index in [2.05, 4.69) is 10.1 Å². The number of halogens is 2. The maximum atomic E-state index is 12.3. The minimum Gasteiger partial charge on any atom is -0.465 e. The zero-order chi connectivity index (χ0) is 22.5. The number of hydrogen-bond donors (Lipinski definition) is 1. The van der Waals surface area contributed by atoms with E-state index in [0.29, 0.717) is 22.0 Å². The number of amides is 1. The number of nitrogens with one attached hydrogen (secondary N) is 1. The van der Waals surface area contributed by atoms with Gasteiger partial charge in [-0.3, -0.25) is 9.10 Å². The van der Waals surface area contributed by atoms with Crippen LogP contribution in [-0.2, 0) is 19.6 Å². The fourth-order valence-electron chi connectivity index (χ4n) is 2.81. The van der Waals surface area contributed by atoms with E-state index in [-0.39, 0.29) is 35.9 Å². The third-order valence-electron chi connectivity index (χ3n) is 4.33. The van der Waals surface area contributed by atoms with Crippen LogP contribution >= 0.6 is 23.2 Å². The van der Waals surface area contributed by atoms with Crippen LogP contribution in [0.1, 0.15) is 28.8 Å². The van der Waals surface area contributed by atoms with Gasteiger partial charge in [-0.2, -0.15) is 0 Å². The standard InChI is InChI=1S/C20H22Cl2N2O5S/c1-13-16(21)6-4-7-18(13)24(30(3,27)28)11-5-8-19(25)23-14-9-10-17(22)15(12-14)20(26)29-2/h4,6-7,9-10,12H,5,8,11H2,1-3H3,(H,23,25). The van der Waals surface area contributed by atoms with Crippen molar-refractivity contribution in [3.63, 3.8) is 0 Å². The summed E-state index contributed by atoms with van der Waals surface area (Å²) in [6.45, 7) is 1.85.